The molecule has 0 amide bonds. The first-order valence-corrected chi connectivity index (χ1v) is 10.9. The van der Waals surface area contributed by atoms with Gasteiger partial charge in [-0.15, -0.1) is 0 Å². The van der Waals surface area contributed by atoms with Crippen molar-refractivity contribution >= 4 is 40.3 Å². The number of pyridine rings is 1. The van der Waals surface area contributed by atoms with Crippen LogP contribution in [0.1, 0.15) is 26.7 Å². The van der Waals surface area contributed by atoms with E-state index in [-0.39, 0.29) is 0 Å². The van der Waals surface area contributed by atoms with Gasteiger partial charge in [-0.2, -0.15) is 0 Å². The maximum Gasteiger partial charge on any atom is 0.466 e. The van der Waals surface area contributed by atoms with Crippen molar-refractivity contribution in [2.75, 3.05) is 31.5 Å². The van der Waals surface area contributed by atoms with Crippen LogP contribution >= 0.6 is 23.8 Å². The number of hydrogen-bond donors (Lipinski definition) is 4. The number of nitrogens with zero attached hydrogens (tertiary/aromatic N) is 2. The van der Waals surface area contributed by atoms with E-state index in [0.29, 0.717) is 0 Å². The molecular weight excluding hydrogens is 421 g/mol. The van der Waals surface area contributed by atoms with E-state index in [9.17, 15) is 0 Å². The van der Waals surface area contributed by atoms with Gasteiger partial charge in [0.05, 0.1) is 5.52 Å². The van der Waals surface area contributed by atoms with Crippen LogP contribution in [0.3, 0.4) is 0 Å². The predicted octanol–water partition coefficient (Wildman–Crippen LogP) is 3.60. The van der Waals surface area contributed by atoms with Crippen molar-refractivity contribution in [3.05, 3.63) is 34.9 Å². The Morgan fingerprint density at radius 3 is 2.42 bits per heavy atom. The normalized spacial score (nSPS) is 11.3. The number of phosphoric acid groups is 1. The van der Waals surface area contributed by atoms with E-state index in [0.717, 1.165) is 29.6 Å². The van der Waals surface area contributed by atoms with E-state index in [2.05, 4.69) is 69.2 Å². The molecule has 4 N–H and O–H groups in total. The molecule has 2 aromatic rings. The number of fused-ring (bicyclic) bond motifs is 1. The molecule has 7 nitrogen and oxygen atoms in total. The molecule has 1 aromatic carbocycles. The zero-order chi connectivity index (χ0) is 19.6. The van der Waals surface area contributed by atoms with Crippen LogP contribution in [0.2, 0.25) is 0 Å². The van der Waals surface area contributed by atoms with E-state index in [1.54, 1.807) is 0 Å². The fraction of sp³-hybridized carbons (Fsp3) is 0.471. The van der Waals surface area contributed by atoms with Gasteiger partial charge in [0, 0.05) is 28.3 Å². The number of hydrogen-bond acceptors (Lipinski definition) is 4. The van der Waals surface area contributed by atoms with Crippen molar-refractivity contribution in [1.82, 2.24) is 9.88 Å². The zero-order valence-corrected chi connectivity index (χ0v) is 17.6. The van der Waals surface area contributed by atoms with Crippen LogP contribution in [-0.2, 0) is 4.57 Å². The Morgan fingerprint density at radius 1 is 1.15 bits per heavy atom. The third kappa shape index (κ3) is 9.62. The van der Waals surface area contributed by atoms with Crippen molar-refractivity contribution in [2.45, 2.75) is 26.7 Å². The standard InChI is InChI=1S/C17H24BrN3.H3O4P/c1-3-21(4-2)12-6-5-10-19-16-9-11-20-17-13-14(18)7-8-15(16)17;1-5(2,3)4/h7-9,11,13H,3-6,10,12H2,1-2H3,(H,19,20);(H3,1,2,3,4). The first-order chi connectivity index (χ1) is 12.2. The van der Waals surface area contributed by atoms with Crippen LogP contribution in [0.15, 0.2) is 34.9 Å². The molecule has 0 unspecified atom stereocenters. The van der Waals surface area contributed by atoms with Crippen molar-refractivity contribution in [2.24, 2.45) is 0 Å². The molecule has 0 saturated carbocycles. The number of halogens is 1. The molecule has 1 heterocycles. The van der Waals surface area contributed by atoms with Gasteiger partial charge in [0.2, 0.25) is 0 Å². The fourth-order valence-corrected chi connectivity index (χ4v) is 2.85. The van der Waals surface area contributed by atoms with Gasteiger partial charge in [-0.05, 0) is 56.7 Å². The quantitative estimate of drug-likeness (QED) is 0.361. The summed E-state index contributed by atoms with van der Waals surface area (Å²) in [5.41, 5.74) is 2.20. The summed E-state index contributed by atoms with van der Waals surface area (Å²) >= 11 is 3.49. The summed E-state index contributed by atoms with van der Waals surface area (Å²) in [6.07, 6.45) is 4.30. The summed E-state index contributed by atoms with van der Waals surface area (Å²) < 4.78 is 9.95. The minimum absolute atomic E-state index is 1.01. The Morgan fingerprint density at radius 2 is 1.81 bits per heavy atom. The minimum Gasteiger partial charge on any atom is -0.384 e. The Hall–Kier alpha value is -1.02. The number of aromatic nitrogens is 1. The molecule has 146 valence electrons. The van der Waals surface area contributed by atoms with Crippen LogP contribution in [-0.4, -0.2) is 50.7 Å². The van der Waals surface area contributed by atoms with Crippen molar-refractivity contribution in [3.8, 4) is 0 Å². The van der Waals surface area contributed by atoms with Crippen molar-refractivity contribution in [3.63, 3.8) is 0 Å². The lowest BCUT2D eigenvalue weighted by Crippen LogP contribution is -2.24. The summed E-state index contributed by atoms with van der Waals surface area (Å²) in [6, 6.07) is 8.29. The lowest BCUT2D eigenvalue weighted by Gasteiger charge is -2.17. The largest absolute Gasteiger partial charge is 0.466 e. The second kappa shape index (κ2) is 11.6. The predicted molar refractivity (Wildman–Crippen MR) is 109 cm³/mol. The molecule has 0 aliphatic carbocycles. The molecule has 2 rings (SSSR count). The molecule has 9 heteroatoms. The molecule has 0 radical (unpaired) electrons. The number of unbranched alkanes of at least 4 members (excludes halogenated alkanes) is 1. The monoisotopic (exact) mass is 447 g/mol. The first-order valence-electron chi connectivity index (χ1n) is 8.53. The molecule has 0 saturated heterocycles. The molecule has 26 heavy (non-hydrogen) atoms. The fourth-order valence-electron chi connectivity index (χ4n) is 2.50. The van der Waals surface area contributed by atoms with Gasteiger partial charge >= 0.3 is 7.82 Å². The average molecular weight is 448 g/mol. The molecule has 1 aromatic heterocycles. The third-order valence-corrected chi connectivity index (χ3v) is 4.31. The summed E-state index contributed by atoms with van der Waals surface area (Å²) in [4.78, 5) is 28.4. The summed E-state index contributed by atoms with van der Waals surface area (Å²) in [5, 5.41) is 4.73. The lowest BCUT2D eigenvalue weighted by atomic mass is 10.2. The van der Waals surface area contributed by atoms with Crippen LogP contribution < -0.4 is 5.32 Å². The molecular formula is C17H27BrN3O4P. The van der Waals surface area contributed by atoms with Crippen LogP contribution in [0, 0.1) is 0 Å². The summed E-state index contributed by atoms with van der Waals surface area (Å²) in [5.74, 6) is 0. The molecule has 0 atom stereocenters. The number of nitrogens with one attached hydrogen (secondary N) is 1. The molecule has 0 aliphatic rings. The minimum atomic E-state index is -4.64. The second-order valence-corrected chi connectivity index (χ2v) is 7.64. The van der Waals surface area contributed by atoms with Crippen LogP contribution in [0.4, 0.5) is 5.69 Å². The zero-order valence-electron chi connectivity index (χ0n) is 15.1. The van der Waals surface area contributed by atoms with Crippen molar-refractivity contribution < 1.29 is 19.2 Å². The van der Waals surface area contributed by atoms with E-state index < -0.39 is 7.82 Å². The van der Waals surface area contributed by atoms with Crippen LogP contribution in [0.25, 0.3) is 10.9 Å². The molecule has 0 spiro atoms. The maximum absolute atomic E-state index is 8.88. The Balaban J connectivity index is 0.000000597. The van der Waals surface area contributed by atoms with Crippen LogP contribution in [0.5, 0.6) is 0 Å². The highest BCUT2D eigenvalue weighted by molar-refractivity contribution is 9.10. The Labute approximate surface area is 162 Å². The second-order valence-electron chi connectivity index (χ2n) is 5.69. The van der Waals surface area contributed by atoms with E-state index >= 15 is 0 Å². The molecule has 0 fully saturated rings. The SMILES string of the molecule is CCN(CC)CCCCNc1ccnc2cc(Br)ccc12.O=P(O)(O)O. The van der Waals surface area contributed by atoms with Gasteiger partial charge in [0.25, 0.3) is 0 Å². The molecule has 0 aliphatic heterocycles. The van der Waals surface area contributed by atoms with Gasteiger partial charge in [-0.25, -0.2) is 4.57 Å². The first kappa shape index (κ1) is 23.0. The van der Waals surface area contributed by atoms with E-state index in [1.807, 2.05) is 6.20 Å². The number of anilines is 1. The average Bonchev–Trinajstić information content (AvgIpc) is 2.56. The maximum atomic E-state index is 8.88. The topological polar surface area (TPSA) is 106 Å². The van der Waals surface area contributed by atoms with Gasteiger partial charge in [-0.1, -0.05) is 29.8 Å². The highest BCUT2D eigenvalue weighted by atomic mass is 79.9. The van der Waals surface area contributed by atoms with E-state index in [1.165, 1.54) is 30.5 Å². The van der Waals surface area contributed by atoms with Gasteiger partial charge in [0.1, 0.15) is 0 Å². The number of benzene rings is 1. The summed E-state index contributed by atoms with van der Waals surface area (Å²) in [7, 11) is -4.64. The lowest BCUT2D eigenvalue weighted by molar-refractivity contribution is 0.275. The molecule has 0 bridgehead atoms. The Bertz CT molecular complexity index is 714. The smallest absolute Gasteiger partial charge is 0.384 e. The highest BCUT2D eigenvalue weighted by Crippen LogP contribution is 2.26. The van der Waals surface area contributed by atoms with Gasteiger partial charge in [-0.3, -0.25) is 4.98 Å². The number of rotatable bonds is 8. The Kier molecular flexibility index (Phi) is 10.3. The highest BCUT2D eigenvalue weighted by Gasteiger charge is 2.03. The summed E-state index contributed by atoms with van der Waals surface area (Å²) in [6.45, 7) is 8.95. The van der Waals surface area contributed by atoms with Crippen molar-refractivity contribution in [1.29, 1.82) is 0 Å². The third-order valence-electron chi connectivity index (χ3n) is 3.82. The van der Waals surface area contributed by atoms with E-state index in [4.69, 9.17) is 19.2 Å². The van der Waals surface area contributed by atoms with Gasteiger partial charge in [0.15, 0.2) is 0 Å². The van der Waals surface area contributed by atoms with Gasteiger partial charge < -0.3 is 24.9 Å².